The van der Waals surface area contributed by atoms with Gasteiger partial charge in [0.2, 0.25) is 0 Å². The number of carbonyl (C=O) groups is 2. The number of carboxylic acid groups (broad SMARTS) is 1. The molecule has 0 saturated heterocycles. The fraction of sp³-hybridized carbons (Fsp3) is 0.250. The lowest BCUT2D eigenvalue weighted by Gasteiger charge is -2.07. The maximum atomic E-state index is 11.8. The van der Waals surface area contributed by atoms with Gasteiger partial charge in [-0.05, 0) is 35.6 Å². The fourth-order valence-corrected chi connectivity index (χ4v) is 2.43. The summed E-state index contributed by atoms with van der Waals surface area (Å²) in [7, 11) is 0. The van der Waals surface area contributed by atoms with E-state index in [0.29, 0.717) is 30.2 Å². The van der Waals surface area contributed by atoms with Crippen molar-refractivity contribution >= 4 is 23.2 Å². The number of carbonyl (C=O) groups excluding carboxylic acids is 1. The molecule has 116 valence electrons. The molecule has 0 unspecified atom stereocenters. The van der Waals surface area contributed by atoms with E-state index in [0.717, 1.165) is 5.56 Å². The SMILES string of the molecule is O=C(O)CCCOc1ccc(CNC(=O)c2cccs2)cc1. The maximum Gasteiger partial charge on any atom is 0.303 e. The molecule has 1 aromatic heterocycles. The highest BCUT2D eigenvalue weighted by Crippen LogP contribution is 2.13. The molecule has 0 fully saturated rings. The van der Waals surface area contributed by atoms with Gasteiger partial charge in [0.1, 0.15) is 5.75 Å². The van der Waals surface area contributed by atoms with E-state index in [4.69, 9.17) is 9.84 Å². The van der Waals surface area contributed by atoms with E-state index in [2.05, 4.69) is 5.32 Å². The largest absolute Gasteiger partial charge is 0.494 e. The molecule has 2 N–H and O–H groups in total. The van der Waals surface area contributed by atoms with Crippen LogP contribution in [0, 0.1) is 0 Å². The van der Waals surface area contributed by atoms with Gasteiger partial charge in [0, 0.05) is 13.0 Å². The quantitative estimate of drug-likeness (QED) is 0.734. The van der Waals surface area contributed by atoms with Crippen LogP contribution in [-0.2, 0) is 11.3 Å². The van der Waals surface area contributed by atoms with Crippen LogP contribution in [-0.4, -0.2) is 23.6 Å². The molecule has 1 aromatic carbocycles. The van der Waals surface area contributed by atoms with Crippen LogP contribution >= 0.6 is 11.3 Å². The molecule has 0 radical (unpaired) electrons. The minimum atomic E-state index is -0.819. The Hall–Kier alpha value is -2.34. The summed E-state index contributed by atoms with van der Waals surface area (Å²) in [6.45, 7) is 0.830. The van der Waals surface area contributed by atoms with Crippen molar-refractivity contribution in [3.8, 4) is 5.75 Å². The van der Waals surface area contributed by atoms with E-state index in [1.54, 1.807) is 6.07 Å². The van der Waals surface area contributed by atoms with Gasteiger partial charge in [0.25, 0.3) is 5.91 Å². The van der Waals surface area contributed by atoms with E-state index < -0.39 is 5.97 Å². The van der Waals surface area contributed by atoms with Gasteiger partial charge in [0.15, 0.2) is 0 Å². The molecule has 1 heterocycles. The van der Waals surface area contributed by atoms with Gasteiger partial charge in [-0.3, -0.25) is 9.59 Å². The number of nitrogens with one attached hydrogen (secondary N) is 1. The molecule has 0 aliphatic rings. The van der Waals surface area contributed by atoms with Crippen molar-refractivity contribution in [1.82, 2.24) is 5.32 Å². The van der Waals surface area contributed by atoms with Crippen molar-refractivity contribution < 1.29 is 19.4 Å². The van der Waals surface area contributed by atoms with Crippen molar-refractivity contribution in [2.45, 2.75) is 19.4 Å². The van der Waals surface area contributed by atoms with E-state index in [9.17, 15) is 9.59 Å². The lowest BCUT2D eigenvalue weighted by molar-refractivity contribution is -0.137. The van der Waals surface area contributed by atoms with Gasteiger partial charge < -0.3 is 15.2 Å². The minimum Gasteiger partial charge on any atom is -0.494 e. The van der Waals surface area contributed by atoms with E-state index >= 15 is 0 Å². The van der Waals surface area contributed by atoms with Crippen molar-refractivity contribution in [2.75, 3.05) is 6.61 Å². The topological polar surface area (TPSA) is 75.6 Å². The molecule has 6 heteroatoms. The zero-order valence-corrected chi connectivity index (χ0v) is 12.8. The first-order valence-corrected chi connectivity index (χ1v) is 7.78. The van der Waals surface area contributed by atoms with Crippen LogP contribution in [0.1, 0.15) is 28.1 Å². The Labute approximate surface area is 132 Å². The second-order valence-electron chi connectivity index (χ2n) is 4.65. The summed E-state index contributed by atoms with van der Waals surface area (Å²) in [6, 6.07) is 11.0. The summed E-state index contributed by atoms with van der Waals surface area (Å²) in [5, 5.41) is 13.2. The summed E-state index contributed by atoms with van der Waals surface area (Å²) in [5.74, 6) is -0.205. The first-order valence-electron chi connectivity index (χ1n) is 6.90. The predicted octanol–water partition coefficient (Wildman–Crippen LogP) is 2.92. The molecule has 0 bridgehead atoms. The Morgan fingerprint density at radius 2 is 1.95 bits per heavy atom. The third-order valence-corrected chi connectivity index (χ3v) is 3.79. The second kappa shape index (κ2) is 8.19. The number of hydrogen-bond donors (Lipinski definition) is 2. The Morgan fingerprint density at radius 1 is 1.18 bits per heavy atom. The Kier molecular flexibility index (Phi) is 5.97. The lowest BCUT2D eigenvalue weighted by Crippen LogP contribution is -2.21. The Morgan fingerprint density at radius 3 is 2.59 bits per heavy atom. The van der Waals surface area contributed by atoms with Gasteiger partial charge >= 0.3 is 5.97 Å². The maximum absolute atomic E-state index is 11.8. The molecule has 0 saturated carbocycles. The number of benzene rings is 1. The molecule has 2 rings (SSSR count). The van der Waals surface area contributed by atoms with Gasteiger partial charge in [0.05, 0.1) is 11.5 Å². The second-order valence-corrected chi connectivity index (χ2v) is 5.60. The van der Waals surface area contributed by atoms with E-state index in [-0.39, 0.29) is 12.3 Å². The Balaban J connectivity index is 1.74. The number of hydrogen-bond acceptors (Lipinski definition) is 4. The number of ether oxygens (including phenoxy) is 1. The zero-order chi connectivity index (χ0) is 15.8. The summed E-state index contributed by atoms with van der Waals surface area (Å²) in [5.41, 5.74) is 0.975. The predicted molar refractivity (Wildman–Crippen MR) is 84.3 cm³/mol. The molecule has 1 amide bonds. The summed E-state index contributed by atoms with van der Waals surface area (Å²) < 4.78 is 5.45. The molecule has 5 nitrogen and oxygen atoms in total. The van der Waals surface area contributed by atoms with Crippen LogP contribution in [0.25, 0.3) is 0 Å². The van der Waals surface area contributed by atoms with Gasteiger partial charge in [-0.15, -0.1) is 11.3 Å². The first kappa shape index (κ1) is 16.0. The minimum absolute atomic E-state index is 0.0796. The van der Waals surface area contributed by atoms with Crippen molar-refractivity contribution in [3.63, 3.8) is 0 Å². The molecular formula is C16H17NO4S. The first-order chi connectivity index (χ1) is 10.6. The van der Waals surface area contributed by atoms with Crippen LogP contribution in [0.2, 0.25) is 0 Å². The fourth-order valence-electron chi connectivity index (χ4n) is 1.79. The van der Waals surface area contributed by atoms with Crippen LogP contribution in [0.15, 0.2) is 41.8 Å². The molecule has 2 aromatic rings. The normalized spacial score (nSPS) is 10.2. The number of thiophene rings is 1. The standard InChI is InChI=1S/C16H17NO4S/c18-15(19)4-1-9-21-13-7-5-12(6-8-13)11-17-16(20)14-3-2-10-22-14/h2-3,5-8,10H,1,4,9,11H2,(H,17,20)(H,18,19). The lowest BCUT2D eigenvalue weighted by atomic mass is 10.2. The molecule has 0 spiro atoms. The monoisotopic (exact) mass is 319 g/mol. The van der Waals surface area contributed by atoms with Gasteiger partial charge in [-0.1, -0.05) is 18.2 Å². The molecule has 0 aliphatic carbocycles. The van der Waals surface area contributed by atoms with E-state index in [1.807, 2.05) is 35.7 Å². The average molecular weight is 319 g/mol. The summed E-state index contributed by atoms with van der Waals surface area (Å²) in [6.07, 6.45) is 0.584. The van der Waals surface area contributed by atoms with Crippen LogP contribution in [0.3, 0.4) is 0 Å². The molecule has 0 aliphatic heterocycles. The summed E-state index contributed by atoms with van der Waals surface area (Å²) in [4.78, 5) is 22.9. The molecule has 22 heavy (non-hydrogen) atoms. The van der Waals surface area contributed by atoms with Gasteiger partial charge in [-0.2, -0.15) is 0 Å². The van der Waals surface area contributed by atoms with E-state index in [1.165, 1.54) is 11.3 Å². The van der Waals surface area contributed by atoms with Crippen LogP contribution in [0.5, 0.6) is 5.75 Å². The Bertz CT molecular complexity index is 608. The number of aliphatic carboxylic acids is 1. The molecule has 0 atom stereocenters. The van der Waals surface area contributed by atoms with Crippen molar-refractivity contribution in [3.05, 3.63) is 52.2 Å². The van der Waals surface area contributed by atoms with Gasteiger partial charge in [-0.25, -0.2) is 0 Å². The summed E-state index contributed by atoms with van der Waals surface area (Å²) >= 11 is 1.41. The third-order valence-electron chi connectivity index (χ3n) is 2.93. The third kappa shape index (κ3) is 5.21. The van der Waals surface area contributed by atoms with Crippen LogP contribution in [0.4, 0.5) is 0 Å². The molecular weight excluding hydrogens is 302 g/mol. The highest BCUT2D eigenvalue weighted by atomic mass is 32.1. The zero-order valence-electron chi connectivity index (χ0n) is 12.0. The smallest absolute Gasteiger partial charge is 0.303 e. The highest BCUT2D eigenvalue weighted by molar-refractivity contribution is 7.12. The number of amides is 1. The van der Waals surface area contributed by atoms with Crippen molar-refractivity contribution in [1.29, 1.82) is 0 Å². The number of carboxylic acids is 1. The van der Waals surface area contributed by atoms with Crippen molar-refractivity contribution in [2.24, 2.45) is 0 Å². The average Bonchev–Trinajstić information content (AvgIpc) is 3.04. The van der Waals surface area contributed by atoms with Crippen LogP contribution < -0.4 is 10.1 Å². The number of rotatable bonds is 8. The highest BCUT2D eigenvalue weighted by Gasteiger charge is 2.05.